The third kappa shape index (κ3) is 2.40. The molecule has 0 saturated carbocycles. The fourth-order valence-corrected chi connectivity index (χ4v) is 2.83. The largest absolute Gasteiger partial charge is 0.332 e. The van der Waals surface area contributed by atoms with Crippen LogP contribution in [0.5, 0.6) is 0 Å². The summed E-state index contributed by atoms with van der Waals surface area (Å²) in [6, 6.07) is -0.0853. The van der Waals surface area contributed by atoms with E-state index < -0.39 is 0 Å². The van der Waals surface area contributed by atoms with Crippen molar-refractivity contribution in [3.05, 3.63) is 46.3 Å². The maximum absolute atomic E-state index is 12.7. The van der Waals surface area contributed by atoms with Gasteiger partial charge in [-0.3, -0.25) is 4.79 Å². The van der Waals surface area contributed by atoms with Gasteiger partial charge in [0, 0.05) is 31.0 Å². The Hall–Kier alpha value is -2.28. The van der Waals surface area contributed by atoms with Crippen LogP contribution < -0.4 is 0 Å². The highest BCUT2D eigenvalue weighted by molar-refractivity contribution is 7.09. The Morgan fingerprint density at radius 1 is 1.38 bits per heavy atom. The van der Waals surface area contributed by atoms with Crippen LogP contribution in [0.1, 0.15) is 33.9 Å². The Morgan fingerprint density at radius 3 is 2.90 bits per heavy atom. The average molecular weight is 301 g/mol. The van der Waals surface area contributed by atoms with Crippen LogP contribution in [0, 0.1) is 6.92 Å². The summed E-state index contributed by atoms with van der Waals surface area (Å²) in [6.45, 7) is 3.90. The van der Waals surface area contributed by atoms with E-state index in [-0.39, 0.29) is 11.9 Å². The lowest BCUT2D eigenvalue weighted by atomic mass is 10.2. The molecule has 7 heteroatoms. The first-order valence-corrected chi connectivity index (χ1v) is 7.42. The van der Waals surface area contributed by atoms with E-state index >= 15 is 0 Å². The second kappa shape index (κ2) is 5.25. The molecule has 0 aliphatic carbocycles. The number of aromatic nitrogens is 4. The summed E-state index contributed by atoms with van der Waals surface area (Å²) >= 11 is 1.54. The second-order valence-electron chi connectivity index (χ2n) is 4.92. The van der Waals surface area contributed by atoms with Crippen molar-refractivity contribution >= 4 is 22.9 Å². The molecule has 3 aromatic rings. The zero-order valence-electron chi connectivity index (χ0n) is 12.0. The number of amides is 1. The Labute approximate surface area is 126 Å². The first-order valence-electron chi connectivity index (χ1n) is 6.54. The normalized spacial score (nSPS) is 12.5. The highest BCUT2D eigenvalue weighted by Gasteiger charge is 2.23. The molecule has 3 heterocycles. The lowest BCUT2D eigenvalue weighted by Crippen LogP contribution is -2.29. The molecule has 3 rings (SSSR count). The van der Waals surface area contributed by atoms with Crippen molar-refractivity contribution in [2.24, 2.45) is 0 Å². The molecule has 21 heavy (non-hydrogen) atoms. The molecule has 108 valence electrons. The maximum Gasteiger partial charge on any atom is 0.259 e. The van der Waals surface area contributed by atoms with E-state index in [0.717, 1.165) is 10.6 Å². The predicted molar refractivity (Wildman–Crippen MR) is 80.3 cm³/mol. The Morgan fingerprint density at radius 2 is 2.19 bits per heavy atom. The van der Waals surface area contributed by atoms with E-state index in [1.54, 1.807) is 35.1 Å². The molecule has 0 fully saturated rings. The average Bonchev–Trinajstić information content (AvgIpc) is 3.13. The van der Waals surface area contributed by atoms with Crippen LogP contribution in [0.4, 0.5) is 0 Å². The molecule has 0 radical (unpaired) electrons. The highest BCUT2D eigenvalue weighted by atomic mass is 32.1. The van der Waals surface area contributed by atoms with E-state index in [0.29, 0.717) is 11.2 Å². The SMILES string of the molecule is Cc1cnc2c(C(=O)N(C)[C@@H](C)c3nccs3)cnn2c1. The van der Waals surface area contributed by atoms with Gasteiger partial charge in [0.25, 0.3) is 5.91 Å². The van der Waals surface area contributed by atoms with E-state index in [9.17, 15) is 4.79 Å². The molecule has 3 aromatic heterocycles. The van der Waals surface area contributed by atoms with Gasteiger partial charge in [0.2, 0.25) is 0 Å². The fraction of sp³-hybridized carbons (Fsp3) is 0.286. The van der Waals surface area contributed by atoms with Gasteiger partial charge in [0.1, 0.15) is 10.6 Å². The van der Waals surface area contributed by atoms with Crippen molar-refractivity contribution in [2.45, 2.75) is 19.9 Å². The van der Waals surface area contributed by atoms with Crippen molar-refractivity contribution in [1.29, 1.82) is 0 Å². The lowest BCUT2D eigenvalue weighted by molar-refractivity contribution is 0.0744. The van der Waals surface area contributed by atoms with Gasteiger partial charge in [-0.2, -0.15) is 5.10 Å². The van der Waals surface area contributed by atoms with Gasteiger partial charge in [-0.05, 0) is 19.4 Å². The van der Waals surface area contributed by atoms with Crippen molar-refractivity contribution in [1.82, 2.24) is 24.5 Å². The molecule has 0 bridgehead atoms. The molecule has 1 atom stereocenters. The monoisotopic (exact) mass is 301 g/mol. The standard InChI is InChI=1S/C14H15N5OS/c1-9-6-16-12-11(7-17-19(12)8-9)14(20)18(3)10(2)13-15-4-5-21-13/h4-8,10H,1-3H3/t10-/m0/s1. The van der Waals surface area contributed by atoms with Gasteiger partial charge in [0.05, 0.1) is 12.2 Å². The van der Waals surface area contributed by atoms with Crippen molar-refractivity contribution in [3.8, 4) is 0 Å². The first-order chi connectivity index (χ1) is 10.1. The molecule has 0 N–H and O–H groups in total. The lowest BCUT2D eigenvalue weighted by Gasteiger charge is -2.22. The van der Waals surface area contributed by atoms with Crippen LogP contribution in [0.2, 0.25) is 0 Å². The summed E-state index contributed by atoms with van der Waals surface area (Å²) in [5.41, 5.74) is 2.07. The zero-order valence-corrected chi connectivity index (χ0v) is 12.8. The van der Waals surface area contributed by atoms with Crippen LogP contribution in [0.25, 0.3) is 5.65 Å². The molecule has 0 unspecified atom stereocenters. The molecule has 0 aliphatic rings. The van der Waals surface area contributed by atoms with Crippen molar-refractivity contribution < 1.29 is 4.79 Å². The molecule has 0 aromatic carbocycles. The van der Waals surface area contributed by atoms with Crippen LogP contribution >= 0.6 is 11.3 Å². The minimum atomic E-state index is -0.107. The Kier molecular flexibility index (Phi) is 3.42. The quantitative estimate of drug-likeness (QED) is 0.745. The second-order valence-corrected chi connectivity index (χ2v) is 5.85. The summed E-state index contributed by atoms with van der Waals surface area (Å²) in [5, 5.41) is 7.01. The van der Waals surface area contributed by atoms with E-state index in [2.05, 4.69) is 15.1 Å². The number of nitrogens with zero attached hydrogens (tertiary/aromatic N) is 5. The summed E-state index contributed by atoms with van der Waals surface area (Å²) in [4.78, 5) is 22.9. The number of thiazole rings is 1. The van der Waals surface area contributed by atoms with Gasteiger partial charge < -0.3 is 4.90 Å². The maximum atomic E-state index is 12.7. The number of hydrogen-bond donors (Lipinski definition) is 0. The summed E-state index contributed by atoms with van der Waals surface area (Å²) in [7, 11) is 1.77. The molecule has 1 amide bonds. The smallest absolute Gasteiger partial charge is 0.259 e. The van der Waals surface area contributed by atoms with Gasteiger partial charge in [-0.25, -0.2) is 14.5 Å². The van der Waals surface area contributed by atoms with E-state index in [1.165, 1.54) is 11.3 Å². The fourth-order valence-electron chi connectivity index (χ4n) is 2.09. The van der Waals surface area contributed by atoms with Gasteiger partial charge in [-0.1, -0.05) is 0 Å². The van der Waals surface area contributed by atoms with Crippen LogP contribution in [0.3, 0.4) is 0 Å². The molecule has 0 aliphatic heterocycles. The highest BCUT2D eigenvalue weighted by Crippen LogP contribution is 2.23. The van der Waals surface area contributed by atoms with Crippen LogP contribution in [-0.4, -0.2) is 37.4 Å². The number of rotatable bonds is 3. The Balaban J connectivity index is 1.93. The summed E-state index contributed by atoms with van der Waals surface area (Å²) in [6.07, 6.45) is 6.89. The van der Waals surface area contributed by atoms with Crippen LogP contribution in [-0.2, 0) is 0 Å². The summed E-state index contributed by atoms with van der Waals surface area (Å²) < 4.78 is 1.63. The molecular weight excluding hydrogens is 286 g/mol. The van der Waals surface area contributed by atoms with Crippen molar-refractivity contribution in [3.63, 3.8) is 0 Å². The zero-order chi connectivity index (χ0) is 15.0. The number of aryl methyl sites for hydroxylation is 1. The number of hydrogen-bond acceptors (Lipinski definition) is 5. The van der Waals surface area contributed by atoms with Crippen molar-refractivity contribution in [2.75, 3.05) is 7.05 Å². The third-order valence-electron chi connectivity index (χ3n) is 3.43. The molecule has 0 spiro atoms. The van der Waals surface area contributed by atoms with Gasteiger partial charge >= 0.3 is 0 Å². The molecular formula is C14H15N5OS. The van der Waals surface area contributed by atoms with Crippen LogP contribution in [0.15, 0.2) is 30.2 Å². The molecule has 6 nitrogen and oxygen atoms in total. The van der Waals surface area contributed by atoms with Gasteiger partial charge in [0.15, 0.2) is 5.65 Å². The summed E-state index contributed by atoms with van der Waals surface area (Å²) in [5.74, 6) is -0.107. The molecule has 0 saturated heterocycles. The number of carbonyl (C=O) groups is 1. The Bertz CT molecular complexity index is 780. The predicted octanol–water partition coefficient (Wildman–Crippen LogP) is 2.33. The van der Waals surface area contributed by atoms with Gasteiger partial charge in [-0.15, -0.1) is 11.3 Å². The van der Waals surface area contributed by atoms with E-state index in [1.807, 2.05) is 25.4 Å². The minimum absolute atomic E-state index is 0.0853. The topological polar surface area (TPSA) is 63.4 Å². The third-order valence-corrected chi connectivity index (χ3v) is 4.37. The first kappa shape index (κ1) is 13.7. The number of carbonyl (C=O) groups excluding carboxylic acids is 1. The van der Waals surface area contributed by atoms with E-state index in [4.69, 9.17) is 0 Å². The minimum Gasteiger partial charge on any atom is -0.332 e. The number of fused-ring (bicyclic) bond motifs is 1.